The quantitative estimate of drug-likeness (QED) is 0.465. The highest BCUT2D eigenvalue weighted by Gasteiger charge is 2.35. The first-order valence-corrected chi connectivity index (χ1v) is 7.60. The van der Waals surface area contributed by atoms with Crippen molar-refractivity contribution in [2.75, 3.05) is 4.90 Å². The van der Waals surface area contributed by atoms with Crippen molar-refractivity contribution in [2.24, 2.45) is 0 Å². The molecule has 0 aromatic heterocycles. The third-order valence-corrected chi connectivity index (χ3v) is 4.24. The molecule has 0 saturated carbocycles. The van der Waals surface area contributed by atoms with Gasteiger partial charge in [0.2, 0.25) is 0 Å². The monoisotopic (exact) mass is 317 g/mol. The van der Waals surface area contributed by atoms with Crippen molar-refractivity contribution in [1.29, 1.82) is 0 Å². The Labute approximate surface area is 138 Å². The second-order valence-corrected chi connectivity index (χ2v) is 5.71. The van der Waals surface area contributed by atoms with Crippen LogP contribution in [-0.4, -0.2) is 17.2 Å². The lowest BCUT2D eigenvalue weighted by atomic mass is 9.79. The van der Waals surface area contributed by atoms with Crippen LogP contribution in [0.25, 0.3) is 0 Å². The van der Waals surface area contributed by atoms with Gasteiger partial charge >= 0.3 is 7.12 Å². The van der Waals surface area contributed by atoms with Gasteiger partial charge in [0.1, 0.15) is 5.69 Å². The van der Waals surface area contributed by atoms with Crippen LogP contribution in [0.1, 0.15) is 0 Å². The van der Waals surface area contributed by atoms with E-state index in [4.69, 9.17) is 9.47 Å². The average molecular weight is 317 g/mol. The lowest BCUT2D eigenvalue weighted by Gasteiger charge is -2.38. The summed E-state index contributed by atoms with van der Waals surface area (Å²) in [6.07, 6.45) is 0. The van der Waals surface area contributed by atoms with Crippen molar-refractivity contribution in [1.82, 2.24) is 0 Å². The van der Waals surface area contributed by atoms with E-state index in [9.17, 15) is 10.0 Å². The van der Waals surface area contributed by atoms with Crippen molar-refractivity contribution in [3.05, 3.63) is 60.7 Å². The Morgan fingerprint density at radius 2 is 1.21 bits per heavy atom. The molecule has 0 bridgehead atoms. The van der Waals surface area contributed by atoms with Gasteiger partial charge in [-0.05, 0) is 41.9 Å². The van der Waals surface area contributed by atoms with E-state index in [1.54, 1.807) is 12.1 Å². The van der Waals surface area contributed by atoms with Gasteiger partial charge in [0.15, 0.2) is 23.0 Å². The van der Waals surface area contributed by atoms with Crippen LogP contribution in [0.4, 0.5) is 17.1 Å². The van der Waals surface area contributed by atoms with E-state index in [2.05, 4.69) is 4.90 Å². The summed E-state index contributed by atoms with van der Waals surface area (Å²) >= 11 is 0. The highest BCUT2D eigenvalue weighted by molar-refractivity contribution is 6.58. The number of anilines is 3. The molecule has 6 heteroatoms. The Morgan fingerprint density at radius 1 is 0.708 bits per heavy atom. The summed E-state index contributed by atoms with van der Waals surface area (Å²) in [5.41, 5.74) is 2.91. The van der Waals surface area contributed by atoms with Gasteiger partial charge in [-0.25, -0.2) is 0 Å². The molecule has 116 valence electrons. The molecule has 2 aliphatic heterocycles. The molecule has 0 spiro atoms. The molecule has 0 radical (unpaired) electrons. The summed E-state index contributed by atoms with van der Waals surface area (Å²) in [6, 6.07) is 18.7. The smallest absolute Gasteiger partial charge is 0.453 e. The van der Waals surface area contributed by atoms with E-state index in [1.807, 2.05) is 48.5 Å². The number of benzene rings is 3. The fraction of sp³-hybridized carbons (Fsp3) is 0. The van der Waals surface area contributed by atoms with E-state index in [1.165, 1.54) is 0 Å². The molecule has 3 aromatic carbocycles. The van der Waals surface area contributed by atoms with Crippen molar-refractivity contribution >= 4 is 29.6 Å². The van der Waals surface area contributed by atoms with Gasteiger partial charge < -0.3 is 19.5 Å². The van der Waals surface area contributed by atoms with E-state index in [0.29, 0.717) is 28.5 Å². The van der Waals surface area contributed by atoms with Crippen molar-refractivity contribution in [2.45, 2.75) is 0 Å². The molecule has 2 N–H and O–H groups in total. The zero-order valence-corrected chi connectivity index (χ0v) is 12.5. The fourth-order valence-corrected chi connectivity index (χ4v) is 3.19. The van der Waals surface area contributed by atoms with Crippen molar-refractivity contribution in [3.8, 4) is 23.0 Å². The molecular formula is C18H12BNO4. The topological polar surface area (TPSA) is 62.2 Å². The minimum atomic E-state index is -1.60. The molecule has 24 heavy (non-hydrogen) atoms. The molecule has 5 rings (SSSR count). The number of hydrogen-bond donors (Lipinski definition) is 2. The fourth-order valence-electron chi connectivity index (χ4n) is 3.19. The van der Waals surface area contributed by atoms with Crippen LogP contribution in [0, 0.1) is 0 Å². The normalized spacial score (nSPS) is 13.2. The van der Waals surface area contributed by atoms with Crippen LogP contribution < -0.4 is 19.8 Å². The molecule has 3 aromatic rings. The summed E-state index contributed by atoms with van der Waals surface area (Å²) in [5.74, 6) is 2.47. The molecule has 2 heterocycles. The van der Waals surface area contributed by atoms with Crippen LogP contribution in [0.2, 0.25) is 0 Å². The standard InChI is InChI=1S/C18H12BNO4/c21-19(22)11-9-16-18-17(10-11)24-15-8-4-2-6-13(15)20(18)12-5-1-3-7-14(12)23-16/h1-10,21-22H. The Balaban J connectivity index is 1.83. The zero-order chi connectivity index (χ0) is 16.3. The zero-order valence-electron chi connectivity index (χ0n) is 12.5. The van der Waals surface area contributed by atoms with Gasteiger partial charge in [0, 0.05) is 0 Å². The van der Waals surface area contributed by atoms with Crippen molar-refractivity contribution in [3.63, 3.8) is 0 Å². The molecule has 0 fully saturated rings. The van der Waals surface area contributed by atoms with Gasteiger partial charge in [-0.3, -0.25) is 4.90 Å². The van der Waals surface area contributed by atoms with E-state index < -0.39 is 7.12 Å². The largest absolute Gasteiger partial charge is 0.488 e. The first-order chi connectivity index (χ1) is 11.7. The van der Waals surface area contributed by atoms with E-state index in [-0.39, 0.29) is 0 Å². The Hall–Kier alpha value is -2.96. The van der Waals surface area contributed by atoms with Crippen molar-refractivity contribution < 1.29 is 19.5 Å². The average Bonchev–Trinajstić information content (AvgIpc) is 2.61. The van der Waals surface area contributed by atoms with Crippen LogP contribution in [0.15, 0.2) is 60.7 Å². The molecule has 2 aliphatic rings. The van der Waals surface area contributed by atoms with Gasteiger partial charge in [-0.15, -0.1) is 0 Å². The summed E-state index contributed by atoms with van der Waals surface area (Å²) in [7, 11) is -1.60. The summed E-state index contributed by atoms with van der Waals surface area (Å²) in [5, 5.41) is 19.1. The third-order valence-electron chi connectivity index (χ3n) is 4.24. The predicted molar refractivity (Wildman–Crippen MR) is 91.1 cm³/mol. The predicted octanol–water partition coefficient (Wildman–Crippen LogP) is 3.05. The summed E-state index contributed by atoms with van der Waals surface area (Å²) < 4.78 is 12.0. The van der Waals surface area contributed by atoms with Crippen LogP contribution in [0.3, 0.4) is 0 Å². The van der Waals surface area contributed by atoms with Crippen LogP contribution >= 0.6 is 0 Å². The second-order valence-electron chi connectivity index (χ2n) is 5.71. The second kappa shape index (κ2) is 4.77. The molecule has 5 nitrogen and oxygen atoms in total. The molecule has 0 atom stereocenters. The van der Waals surface area contributed by atoms with Gasteiger partial charge in [0.25, 0.3) is 0 Å². The van der Waals surface area contributed by atoms with Crippen LogP contribution in [0.5, 0.6) is 23.0 Å². The molecule has 0 aliphatic carbocycles. The summed E-state index contributed by atoms with van der Waals surface area (Å²) in [4.78, 5) is 2.08. The maximum atomic E-state index is 9.55. The molecule has 0 unspecified atom stereocenters. The lowest BCUT2D eigenvalue weighted by molar-refractivity contribution is 0.422. The van der Waals surface area contributed by atoms with Gasteiger partial charge in [0.05, 0.1) is 11.4 Å². The highest BCUT2D eigenvalue weighted by Crippen LogP contribution is 2.58. The number of para-hydroxylation sites is 4. The molecule has 0 amide bonds. The van der Waals surface area contributed by atoms with Gasteiger partial charge in [-0.1, -0.05) is 24.3 Å². The first-order valence-electron chi connectivity index (χ1n) is 7.60. The molecular weight excluding hydrogens is 305 g/mol. The van der Waals surface area contributed by atoms with Crippen LogP contribution in [-0.2, 0) is 0 Å². The maximum absolute atomic E-state index is 9.55. The summed E-state index contributed by atoms with van der Waals surface area (Å²) in [6.45, 7) is 0. The lowest BCUT2D eigenvalue weighted by Crippen LogP contribution is -2.31. The minimum absolute atomic E-state index is 0.322. The SMILES string of the molecule is OB(O)c1cc2c3c(c1)Oc1ccccc1N3c1ccccc1O2. The van der Waals surface area contributed by atoms with Gasteiger partial charge in [-0.2, -0.15) is 0 Å². The number of nitrogens with zero attached hydrogens (tertiary/aromatic N) is 1. The minimum Gasteiger partial charge on any atom is -0.453 e. The number of ether oxygens (including phenoxy) is 2. The Kier molecular flexibility index (Phi) is 2.68. The number of fused-ring (bicyclic) bond motifs is 4. The maximum Gasteiger partial charge on any atom is 0.488 e. The Bertz CT molecular complexity index is 902. The number of rotatable bonds is 1. The number of hydrogen-bond acceptors (Lipinski definition) is 5. The first kappa shape index (κ1) is 13.5. The van der Waals surface area contributed by atoms with E-state index >= 15 is 0 Å². The molecule has 0 saturated heterocycles. The van der Waals surface area contributed by atoms with E-state index in [0.717, 1.165) is 17.1 Å². The third kappa shape index (κ3) is 1.78. The Morgan fingerprint density at radius 3 is 1.71 bits per heavy atom. The highest BCUT2D eigenvalue weighted by atomic mass is 16.5.